The molecule has 0 spiro atoms. The monoisotopic (exact) mass is 180 g/mol. The van der Waals surface area contributed by atoms with E-state index in [1.165, 1.54) is 24.6 Å². The van der Waals surface area contributed by atoms with Gasteiger partial charge in [0, 0.05) is 0 Å². The van der Waals surface area contributed by atoms with Crippen LogP contribution in [0.3, 0.4) is 0 Å². The zero-order chi connectivity index (χ0) is 9.35. The molecule has 0 atom stereocenters. The van der Waals surface area contributed by atoms with Crippen molar-refractivity contribution in [3.8, 4) is 0 Å². The lowest BCUT2D eigenvalue weighted by atomic mass is 9.94. The van der Waals surface area contributed by atoms with Crippen LogP contribution in [0.5, 0.6) is 0 Å². The standard InChI is InChI=1S/C11H17P/c1-8-6-10(11(3,4)5)12-7-9(8)2/h6-7H,1-5H3. The van der Waals surface area contributed by atoms with E-state index in [2.05, 4.69) is 46.5 Å². The molecule has 1 rings (SSSR count). The molecule has 1 aromatic heterocycles. The third-order valence-electron chi connectivity index (χ3n) is 2.14. The topological polar surface area (TPSA) is 0 Å². The minimum absolute atomic E-state index is 0.319. The summed E-state index contributed by atoms with van der Waals surface area (Å²) in [4.78, 5) is 0. The van der Waals surface area contributed by atoms with Gasteiger partial charge in [0.25, 0.3) is 0 Å². The molecule has 1 aromatic rings. The van der Waals surface area contributed by atoms with Gasteiger partial charge in [-0.25, -0.2) is 0 Å². The second kappa shape index (κ2) is 3.18. The van der Waals surface area contributed by atoms with E-state index in [0.29, 0.717) is 5.41 Å². The summed E-state index contributed by atoms with van der Waals surface area (Å²) in [7, 11) is 1.37. The van der Waals surface area contributed by atoms with E-state index in [0.717, 1.165) is 0 Å². The number of hydrogen-bond acceptors (Lipinski definition) is 0. The van der Waals surface area contributed by atoms with Crippen LogP contribution in [0.4, 0.5) is 0 Å². The average Bonchev–Trinajstić information content (AvgIpc) is 1.92. The summed E-state index contributed by atoms with van der Waals surface area (Å²) in [6.07, 6.45) is 0. The summed E-state index contributed by atoms with van der Waals surface area (Å²) in [5, 5.41) is 1.52. The summed E-state index contributed by atoms with van der Waals surface area (Å²) < 4.78 is 0. The first kappa shape index (κ1) is 9.74. The van der Waals surface area contributed by atoms with Gasteiger partial charge in [-0.15, -0.1) is 0 Å². The Hall–Kier alpha value is -0.350. The highest BCUT2D eigenvalue weighted by Gasteiger charge is 2.13. The Morgan fingerprint density at radius 2 is 1.67 bits per heavy atom. The van der Waals surface area contributed by atoms with Gasteiger partial charge >= 0.3 is 0 Å². The number of hydrogen-bond donors (Lipinski definition) is 0. The highest BCUT2D eigenvalue weighted by molar-refractivity contribution is 7.30. The largest absolute Gasteiger partial charge is 0.0721 e. The third-order valence-corrected chi connectivity index (χ3v) is 3.74. The zero-order valence-corrected chi connectivity index (χ0v) is 9.50. The van der Waals surface area contributed by atoms with Gasteiger partial charge in [-0.05, 0) is 41.5 Å². The lowest BCUT2D eigenvalue weighted by molar-refractivity contribution is 0.603. The number of rotatable bonds is 0. The molecule has 0 radical (unpaired) electrons. The van der Waals surface area contributed by atoms with Gasteiger partial charge in [0.15, 0.2) is 0 Å². The molecule has 0 N–H and O–H groups in total. The first-order chi connectivity index (χ1) is 5.41. The van der Waals surface area contributed by atoms with Crippen LogP contribution in [0, 0.1) is 13.8 Å². The Bertz CT molecular complexity index is 282. The van der Waals surface area contributed by atoms with Gasteiger partial charge in [0.1, 0.15) is 0 Å². The van der Waals surface area contributed by atoms with Gasteiger partial charge in [0.05, 0.1) is 0 Å². The predicted octanol–water partition coefficient (Wildman–Crippen LogP) is 4.18. The zero-order valence-electron chi connectivity index (χ0n) is 8.60. The molecule has 0 amide bonds. The van der Waals surface area contributed by atoms with Crippen molar-refractivity contribution in [2.75, 3.05) is 0 Å². The average molecular weight is 180 g/mol. The van der Waals surface area contributed by atoms with Crippen molar-refractivity contribution in [1.29, 1.82) is 0 Å². The van der Waals surface area contributed by atoms with Gasteiger partial charge in [-0.1, -0.05) is 35.0 Å². The molecule has 0 saturated heterocycles. The fourth-order valence-corrected chi connectivity index (χ4v) is 2.23. The summed E-state index contributed by atoms with van der Waals surface area (Å²) >= 11 is 0. The van der Waals surface area contributed by atoms with Gasteiger partial charge in [0.2, 0.25) is 0 Å². The molecule has 66 valence electrons. The molecule has 0 aliphatic carbocycles. The van der Waals surface area contributed by atoms with Crippen LogP contribution in [0.2, 0.25) is 0 Å². The summed E-state index contributed by atoms with van der Waals surface area (Å²) in [6.45, 7) is 11.2. The predicted molar refractivity (Wildman–Crippen MR) is 57.1 cm³/mol. The van der Waals surface area contributed by atoms with E-state index < -0.39 is 0 Å². The van der Waals surface area contributed by atoms with E-state index in [4.69, 9.17) is 0 Å². The van der Waals surface area contributed by atoms with E-state index >= 15 is 0 Å². The van der Waals surface area contributed by atoms with Crippen LogP contribution < -0.4 is 0 Å². The molecule has 0 unspecified atom stereocenters. The summed E-state index contributed by atoms with van der Waals surface area (Å²) in [5.74, 6) is 2.30. The quantitative estimate of drug-likeness (QED) is 0.561. The second-order valence-electron chi connectivity index (χ2n) is 4.40. The lowest BCUT2D eigenvalue weighted by Gasteiger charge is -2.19. The van der Waals surface area contributed by atoms with Crippen LogP contribution >= 0.6 is 8.19 Å². The van der Waals surface area contributed by atoms with E-state index in [1.807, 2.05) is 0 Å². The molecule has 0 saturated carbocycles. The van der Waals surface area contributed by atoms with Crippen LogP contribution in [0.25, 0.3) is 0 Å². The molecule has 0 aromatic carbocycles. The SMILES string of the molecule is Cc1cpc(C(C)(C)C)cc1C. The second-order valence-corrected chi connectivity index (χ2v) is 5.40. The minimum atomic E-state index is 0.319. The van der Waals surface area contributed by atoms with Crippen molar-refractivity contribution >= 4 is 8.19 Å². The van der Waals surface area contributed by atoms with Crippen molar-refractivity contribution in [1.82, 2.24) is 0 Å². The Morgan fingerprint density at radius 3 is 2.08 bits per heavy atom. The number of aryl methyl sites for hydroxylation is 2. The molecule has 0 fully saturated rings. The fourth-order valence-electron chi connectivity index (χ4n) is 1.03. The normalized spacial score (nSPS) is 12.4. The lowest BCUT2D eigenvalue weighted by Crippen LogP contribution is -2.09. The molecular formula is C11H17P. The maximum Gasteiger partial charge on any atom is -0.00883 e. The maximum atomic E-state index is 2.33. The first-order valence-corrected chi connectivity index (χ1v) is 5.31. The summed E-state index contributed by atoms with van der Waals surface area (Å²) in [6, 6.07) is 2.33. The van der Waals surface area contributed by atoms with E-state index in [9.17, 15) is 0 Å². The molecule has 0 aliphatic heterocycles. The van der Waals surface area contributed by atoms with Crippen LogP contribution in [0.15, 0.2) is 11.9 Å². The van der Waals surface area contributed by atoms with Crippen molar-refractivity contribution in [2.45, 2.75) is 40.0 Å². The summed E-state index contributed by atoms with van der Waals surface area (Å²) in [5.41, 5.74) is 3.16. The van der Waals surface area contributed by atoms with Gasteiger partial charge < -0.3 is 0 Å². The Kier molecular flexibility index (Phi) is 2.58. The molecule has 0 bridgehead atoms. The van der Waals surface area contributed by atoms with Crippen LogP contribution in [-0.2, 0) is 5.41 Å². The molecule has 0 aliphatic rings. The molecule has 12 heavy (non-hydrogen) atoms. The van der Waals surface area contributed by atoms with Gasteiger partial charge in [-0.3, -0.25) is 0 Å². The smallest absolute Gasteiger partial charge is 0.00883 e. The Morgan fingerprint density at radius 1 is 1.08 bits per heavy atom. The highest BCUT2D eigenvalue weighted by Crippen LogP contribution is 2.31. The van der Waals surface area contributed by atoms with Crippen molar-refractivity contribution < 1.29 is 0 Å². The van der Waals surface area contributed by atoms with Crippen molar-refractivity contribution in [2.24, 2.45) is 0 Å². The first-order valence-electron chi connectivity index (χ1n) is 4.35. The van der Waals surface area contributed by atoms with Gasteiger partial charge in [-0.2, -0.15) is 0 Å². The molecule has 1 heterocycles. The highest BCUT2D eigenvalue weighted by atomic mass is 31.0. The van der Waals surface area contributed by atoms with Crippen molar-refractivity contribution in [3.63, 3.8) is 0 Å². The molecular weight excluding hydrogens is 163 g/mol. The maximum absolute atomic E-state index is 2.33. The minimum Gasteiger partial charge on any atom is -0.0721 e. The Labute approximate surface area is 77.1 Å². The Balaban J connectivity index is 3.14. The van der Waals surface area contributed by atoms with Crippen LogP contribution in [-0.4, -0.2) is 0 Å². The fraction of sp³-hybridized carbons (Fsp3) is 0.545. The third kappa shape index (κ3) is 2.08. The molecule has 0 nitrogen and oxygen atoms in total. The van der Waals surface area contributed by atoms with Crippen LogP contribution in [0.1, 0.15) is 37.2 Å². The van der Waals surface area contributed by atoms with E-state index in [1.54, 1.807) is 0 Å². The van der Waals surface area contributed by atoms with Crippen molar-refractivity contribution in [3.05, 3.63) is 28.3 Å². The van der Waals surface area contributed by atoms with E-state index in [-0.39, 0.29) is 0 Å². The molecule has 1 heteroatoms.